The lowest BCUT2D eigenvalue weighted by molar-refractivity contribution is -0.132. The van der Waals surface area contributed by atoms with Gasteiger partial charge in [0.05, 0.1) is 17.0 Å². The minimum Gasteiger partial charge on any atom is -0.340 e. The molecule has 0 radical (unpaired) electrons. The Balaban J connectivity index is 1.74. The summed E-state index contributed by atoms with van der Waals surface area (Å²) in [5.74, 6) is 0.0438. The number of amides is 1. The van der Waals surface area contributed by atoms with Crippen LogP contribution in [0, 0.1) is 0 Å². The lowest BCUT2D eigenvalue weighted by Crippen LogP contribution is -2.39. The van der Waals surface area contributed by atoms with Gasteiger partial charge in [0.15, 0.2) is 9.84 Å². The molecule has 0 N–H and O–H groups in total. The second-order valence-corrected chi connectivity index (χ2v) is 7.53. The fraction of sp³-hybridized carbons (Fsp3) is 0.462. The highest BCUT2D eigenvalue weighted by molar-refractivity contribution is 7.91. The Morgan fingerprint density at radius 2 is 2.19 bits per heavy atom. The van der Waals surface area contributed by atoms with Crippen LogP contribution >= 0.6 is 0 Å². The van der Waals surface area contributed by atoms with Gasteiger partial charge in [-0.05, 0) is 18.6 Å². The van der Waals surface area contributed by atoms with Crippen LogP contribution in [0.2, 0.25) is 0 Å². The van der Waals surface area contributed by atoms with Gasteiger partial charge in [-0.15, -0.1) is 5.10 Å². The first-order valence-electron chi connectivity index (χ1n) is 6.70. The number of rotatable bonds is 3. The van der Waals surface area contributed by atoms with Gasteiger partial charge in [0.2, 0.25) is 5.91 Å². The van der Waals surface area contributed by atoms with Gasteiger partial charge in [-0.25, -0.2) is 13.1 Å². The van der Waals surface area contributed by atoms with Gasteiger partial charge < -0.3 is 4.90 Å². The van der Waals surface area contributed by atoms with Gasteiger partial charge in [-0.3, -0.25) is 4.79 Å². The topological polar surface area (TPSA) is 85.2 Å². The van der Waals surface area contributed by atoms with E-state index in [1.54, 1.807) is 7.05 Å². The van der Waals surface area contributed by atoms with Gasteiger partial charge in [0, 0.05) is 13.1 Å². The van der Waals surface area contributed by atoms with Crippen molar-refractivity contribution < 1.29 is 13.2 Å². The SMILES string of the molecule is CN(C(=O)Cn1nnc2ccccc21)[C@@H]1CCS(=O)(=O)C1. The van der Waals surface area contributed by atoms with Gasteiger partial charge in [-0.1, -0.05) is 17.3 Å². The molecule has 112 valence electrons. The molecule has 3 rings (SSSR count). The summed E-state index contributed by atoms with van der Waals surface area (Å²) in [4.78, 5) is 13.8. The molecule has 2 aromatic rings. The number of sulfone groups is 1. The van der Waals surface area contributed by atoms with Gasteiger partial charge in [0.1, 0.15) is 12.1 Å². The Labute approximate surface area is 122 Å². The maximum Gasteiger partial charge on any atom is 0.244 e. The van der Waals surface area contributed by atoms with E-state index in [1.165, 1.54) is 9.58 Å². The van der Waals surface area contributed by atoms with E-state index in [1.807, 2.05) is 24.3 Å². The summed E-state index contributed by atoms with van der Waals surface area (Å²) in [6.45, 7) is 0.0631. The molecule has 0 saturated carbocycles. The van der Waals surface area contributed by atoms with Crippen molar-refractivity contribution in [2.24, 2.45) is 0 Å². The number of hydrogen-bond acceptors (Lipinski definition) is 5. The van der Waals surface area contributed by atoms with Crippen LogP contribution in [0.3, 0.4) is 0 Å². The second-order valence-electron chi connectivity index (χ2n) is 5.30. The number of aromatic nitrogens is 3. The molecule has 1 saturated heterocycles. The number of fused-ring (bicyclic) bond motifs is 1. The summed E-state index contributed by atoms with van der Waals surface area (Å²) in [7, 11) is -1.35. The molecule has 1 fully saturated rings. The summed E-state index contributed by atoms with van der Waals surface area (Å²) in [5.41, 5.74) is 1.52. The Hall–Kier alpha value is -1.96. The predicted molar refractivity (Wildman–Crippen MR) is 77.4 cm³/mol. The molecule has 21 heavy (non-hydrogen) atoms. The molecular formula is C13H16N4O3S. The van der Waals surface area contributed by atoms with Crippen molar-refractivity contribution in [3.63, 3.8) is 0 Å². The number of hydrogen-bond donors (Lipinski definition) is 0. The van der Waals surface area contributed by atoms with Gasteiger partial charge >= 0.3 is 0 Å². The quantitative estimate of drug-likeness (QED) is 0.801. The molecule has 7 nitrogen and oxygen atoms in total. The minimum atomic E-state index is -3.00. The van der Waals surface area contributed by atoms with Crippen LogP contribution in [0.25, 0.3) is 11.0 Å². The van der Waals surface area contributed by atoms with Gasteiger partial charge in [0.25, 0.3) is 0 Å². The Morgan fingerprint density at radius 1 is 1.43 bits per heavy atom. The predicted octanol–water partition coefficient (Wildman–Crippen LogP) is 0.0768. The highest BCUT2D eigenvalue weighted by atomic mass is 32.2. The Bertz CT molecular complexity index is 784. The van der Waals surface area contributed by atoms with Crippen molar-refractivity contribution in [2.75, 3.05) is 18.6 Å². The summed E-state index contributed by atoms with van der Waals surface area (Å²) < 4.78 is 24.5. The average molecular weight is 308 g/mol. The zero-order chi connectivity index (χ0) is 15.0. The number of likely N-dealkylation sites (N-methyl/N-ethyl adjacent to an activating group) is 1. The Kier molecular flexibility index (Phi) is 3.40. The van der Waals surface area contributed by atoms with Crippen LogP contribution in [-0.2, 0) is 21.2 Å². The Morgan fingerprint density at radius 3 is 2.90 bits per heavy atom. The zero-order valence-electron chi connectivity index (χ0n) is 11.6. The van der Waals surface area contributed by atoms with Crippen molar-refractivity contribution in [1.29, 1.82) is 0 Å². The van der Waals surface area contributed by atoms with Crippen molar-refractivity contribution in [2.45, 2.75) is 19.0 Å². The maximum atomic E-state index is 12.3. The van der Waals surface area contributed by atoms with Crippen LogP contribution in [0.15, 0.2) is 24.3 Å². The van der Waals surface area contributed by atoms with E-state index < -0.39 is 9.84 Å². The van der Waals surface area contributed by atoms with E-state index in [9.17, 15) is 13.2 Å². The molecule has 1 aromatic heterocycles. The van der Waals surface area contributed by atoms with Crippen LogP contribution < -0.4 is 0 Å². The summed E-state index contributed by atoms with van der Waals surface area (Å²) in [6.07, 6.45) is 0.503. The van der Waals surface area contributed by atoms with E-state index >= 15 is 0 Å². The van der Waals surface area contributed by atoms with E-state index in [0.29, 0.717) is 6.42 Å². The van der Waals surface area contributed by atoms with Crippen LogP contribution in [0.4, 0.5) is 0 Å². The van der Waals surface area contributed by atoms with Crippen LogP contribution in [0.5, 0.6) is 0 Å². The lowest BCUT2D eigenvalue weighted by Gasteiger charge is -2.23. The smallest absolute Gasteiger partial charge is 0.244 e. The normalized spacial score (nSPS) is 20.7. The number of nitrogens with zero attached hydrogens (tertiary/aromatic N) is 4. The maximum absolute atomic E-state index is 12.3. The number of carbonyl (C=O) groups excluding carboxylic acids is 1. The molecule has 1 aliphatic heterocycles. The average Bonchev–Trinajstić information content (AvgIpc) is 3.02. The molecule has 1 amide bonds. The highest BCUT2D eigenvalue weighted by Crippen LogP contribution is 2.17. The van der Waals surface area contributed by atoms with Crippen molar-refractivity contribution in [3.05, 3.63) is 24.3 Å². The van der Waals surface area contributed by atoms with Crippen molar-refractivity contribution in [3.8, 4) is 0 Å². The van der Waals surface area contributed by atoms with Crippen LogP contribution in [0.1, 0.15) is 6.42 Å². The third-order valence-electron chi connectivity index (χ3n) is 3.85. The lowest BCUT2D eigenvalue weighted by atomic mass is 10.2. The standard InChI is InChI=1S/C13H16N4O3S/c1-16(10-6-7-21(19,20)9-10)13(18)8-17-12-5-3-2-4-11(12)14-15-17/h2-5,10H,6-9H2,1H3/t10-/m1/s1. The van der Waals surface area contributed by atoms with Gasteiger partial charge in [-0.2, -0.15) is 0 Å². The molecule has 1 atom stereocenters. The number of para-hydroxylation sites is 1. The second kappa shape index (κ2) is 5.10. The third kappa shape index (κ3) is 2.76. The van der Waals surface area contributed by atoms with E-state index in [2.05, 4.69) is 10.3 Å². The molecular weight excluding hydrogens is 292 g/mol. The number of carbonyl (C=O) groups is 1. The highest BCUT2D eigenvalue weighted by Gasteiger charge is 2.32. The molecule has 1 aliphatic rings. The molecule has 8 heteroatoms. The van der Waals surface area contributed by atoms with E-state index in [4.69, 9.17) is 0 Å². The molecule has 1 aromatic carbocycles. The van der Waals surface area contributed by atoms with E-state index in [0.717, 1.165) is 11.0 Å². The molecule has 0 bridgehead atoms. The van der Waals surface area contributed by atoms with E-state index in [-0.39, 0.29) is 30.0 Å². The molecule has 2 heterocycles. The summed E-state index contributed by atoms with van der Waals surface area (Å²) >= 11 is 0. The molecule has 0 unspecified atom stereocenters. The van der Waals surface area contributed by atoms with Crippen LogP contribution in [-0.4, -0.2) is 58.8 Å². The largest absolute Gasteiger partial charge is 0.340 e. The molecule has 0 spiro atoms. The first-order valence-corrected chi connectivity index (χ1v) is 8.53. The van der Waals surface area contributed by atoms with Crippen molar-refractivity contribution >= 4 is 26.8 Å². The first kappa shape index (κ1) is 14.0. The third-order valence-corrected chi connectivity index (χ3v) is 5.61. The first-order chi connectivity index (χ1) is 9.96. The minimum absolute atomic E-state index is 0.0490. The fourth-order valence-corrected chi connectivity index (χ4v) is 4.33. The summed E-state index contributed by atoms with van der Waals surface area (Å²) in [5, 5.41) is 7.97. The molecule has 0 aliphatic carbocycles. The number of benzene rings is 1. The monoisotopic (exact) mass is 308 g/mol. The fourth-order valence-electron chi connectivity index (χ4n) is 2.56. The van der Waals surface area contributed by atoms with Crippen molar-refractivity contribution in [1.82, 2.24) is 19.9 Å². The summed E-state index contributed by atoms with van der Waals surface area (Å²) in [6, 6.07) is 7.16. The zero-order valence-corrected chi connectivity index (χ0v) is 12.5.